The molecule has 134 valence electrons. The van der Waals surface area contributed by atoms with Crippen LogP contribution in [-0.4, -0.2) is 47.9 Å². The summed E-state index contributed by atoms with van der Waals surface area (Å²) in [6, 6.07) is 4.16. The van der Waals surface area contributed by atoms with Crippen molar-refractivity contribution in [1.82, 2.24) is 34.3 Å². The number of fused-ring (bicyclic) bond motifs is 1. The molecule has 0 radical (unpaired) electrons. The van der Waals surface area contributed by atoms with E-state index >= 15 is 0 Å². The van der Waals surface area contributed by atoms with Crippen LogP contribution in [0.5, 0.6) is 0 Å². The summed E-state index contributed by atoms with van der Waals surface area (Å²) in [5.74, 6) is 1.15. The van der Waals surface area contributed by atoms with Gasteiger partial charge in [-0.2, -0.15) is 0 Å². The van der Waals surface area contributed by atoms with E-state index in [1.807, 2.05) is 24.8 Å². The first-order chi connectivity index (χ1) is 12.8. The zero-order valence-corrected chi connectivity index (χ0v) is 15.0. The fourth-order valence-corrected chi connectivity index (χ4v) is 3.37. The highest BCUT2D eigenvalue weighted by Crippen LogP contribution is 2.16. The van der Waals surface area contributed by atoms with Gasteiger partial charge < -0.3 is 4.57 Å². The summed E-state index contributed by atoms with van der Waals surface area (Å²) in [6.45, 7) is 5.50. The van der Waals surface area contributed by atoms with E-state index in [4.69, 9.17) is 4.98 Å². The van der Waals surface area contributed by atoms with Crippen LogP contribution in [0.15, 0.2) is 49.4 Å². The van der Waals surface area contributed by atoms with Crippen molar-refractivity contribution in [2.75, 3.05) is 13.6 Å². The molecule has 0 spiro atoms. The van der Waals surface area contributed by atoms with Gasteiger partial charge in [-0.15, -0.1) is 0 Å². The Balaban J connectivity index is 1.36. The van der Waals surface area contributed by atoms with Crippen LogP contribution in [0.4, 0.5) is 0 Å². The molecule has 0 aliphatic carbocycles. The molecule has 4 heterocycles. The first-order valence-corrected chi connectivity index (χ1v) is 8.85. The molecule has 0 aromatic carbocycles. The van der Waals surface area contributed by atoms with Crippen LogP contribution >= 0.6 is 0 Å². The van der Waals surface area contributed by atoms with E-state index in [1.54, 1.807) is 6.33 Å². The average molecular weight is 349 g/mol. The first-order valence-electron chi connectivity index (χ1n) is 8.85. The van der Waals surface area contributed by atoms with Crippen molar-refractivity contribution >= 4 is 0 Å². The maximum Gasteiger partial charge on any atom is 0.123 e. The van der Waals surface area contributed by atoms with E-state index in [0.29, 0.717) is 0 Å². The zero-order valence-electron chi connectivity index (χ0n) is 15.0. The lowest BCUT2D eigenvalue weighted by Gasteiger charge is -2.27. The summed E-state index contributed by atoms with van der Waals surface area (Å²) in [7, 11) is 2.10. The van der Waals surface area contributed by atoms with Gasteiger partial charge >= 0.3 is 0 Å². The fourth-order valence-electron chi connectivity index (χ4n) is 3.37. The number of rotatable bonds is 6. The molecule has 7 heteroatoms. The van der Waals surface area contributed by atoms with Crippen molar-refractivity contribution in [1.29, 1.82) is 0 Å². The molecule has 0 bridgehead atoms. The lowest BCUT2D eigenvalue weighted by Crippen LogP contribution is -2.33. The van der Waals surface area contributed by atoms with E-state index in [9.17, 15) is 0 Å². The van der Waals surface area contributed by atoms with Gasteiger partial charge in [0.2, 0.25) is 0 Å². The molecule has 3 aromatic heterocycles. The van der Waals surface area contributed by atoms with Crippen LogP contribution in [0.25, 0.3) is 0 Å². The normalized spacial score (nSPS) is 14.5. The first kappa shape index (κ1) is 16.8. The van der Waals surface area contributed by atoms with Crippen LogP contribution in [0.1, 0.15) is 22.6 Å². The molecular weight excluding hydrogens is 326 g/mol. The predicted octanol–water partition coefficient (Wildman–Crippen LogP) is 1.72. The standard InChI is InChI=1S/C19H23N7/c1-24(10-17-8-21-15-22-9-17)12-18-13-26-7-6-25(14-19(26)23-18)11-16-2-4-20-5-3-16/h2-5,8-9,13,15H,6-7,10-12,14H2,1H3. The predicted molar refractivity (Wildman–Crippen MR) is 97.8 cm³/mol. The third-order valence-electron chi connectivity index (χ3n) is 4.59. The van der Waals surface area contributed by atoms with Gasteiger partial charge in [-0.05, 0) is 24.7 Å². The summed E-state index contributed by atoms with van der Waals surface area (Å²) >= 11 is 0. The molecule has 7 nitrogen and oxygen atoms in total. The van der Waals surface area contributed by atoms with Gasteiger partial charge in [0.15, 0.2) is 0 Å². The summed E-state index contributed by atoms with van der Waals surface area (Å²) in [6.07, 6.45) is 11.2. The van der Waals surface area contributed by atoms with E-state index in [1.165, 1.54) is 5.56 Å². The quantitative estimate of drug-likeness (QED) is 0.675. The largest absolute Gasteiger partial charge is 0.332 e. The Hall–Kier alpha value is -2.64. The summed E-state index contributed by atoms with van der Waals surface area (Å²) in [5, 5.41) is 0. The van der Waals surface area contributed by atoms with Crippen LogP contribution < -0.4 is 0 Å². The number of aromatic nitrogens is 5. The molecule has 26 heavy (non-hydrogen) atoms. The highest BCUT2D eigenvalue weighted by molar-refractivity contribution is 5.11. The van der Waals surface area contributed by atoms with Gasteiger partial charge in [0.1, 0.15) is 12.2 Å². The Bertz CT molecular complexity index is 832. The number of hydrogen-bond donors (Lipinski definition) is 0. The maximum absolute atomic E-state index is 4.86. The summed E-state index contributed by atoms with van der Waals surface area (Å²) in [5.41, 5.74) is 3.53. The summed E-state index contributed by atoms with van der Waals surface area (Å²) in [4.78, 5) is 21.8. The molecule has 4 rings (SSSR count). The third kappa shape index (κ3) is 4.12. The fraction of sp³-hybridized carbons (Fsp3) is 0.368. The minimum absolute atomic E-state index is 0.817. The number of imidazole rings is 1. The van der Waals surface area contributed by atoms with Gasteiger partial charge in [-0.3, -0.25) is 14.8 Å². The highest BCUT2D eigenvalue weighted by Gasteiger charge is 2.19. The van der Waals surface area contributed by atoms with Crippen LogP contribution in [-0.2, 0) is 32.7 Å². The Morgan fingerprint density at radius 3 is 2.62 bits per heavy atom. The monoisotopic (exact) mass is 349 g/mol. The molecule has 1 aliphatic rings. The van der Waals surface area contributed by atoms with Crippen molar-refractivity contribution in [2.45, 2.75) is 32.7 Å². The molecule has 0 saturated carbocycles. The van der Waals surface area contributed by atoms with E-state index in [0.717, 1.165) is 56.4 Å². The van der Waals surface area contributed by atoms with Crippen molar-refractivity contribution in [3.8, 4) is 0 Å². The number of hydrogen-bond acceptors (Lipinski definition) is 6. The third-order valence-corrected chi connectivity index (χ3v) is 4.59. The Morgan fingerprint density at radius 1 is 1.00 bits per heavy atom. The van der Waals surface area contributed by atoms with E-state index in [2.05, 4.69) is 54.7 Å². The second kappa shape index (κ2) is 7.72. The molecule has 1 aliphatic heterocycles. The second-order valence-electron chi connectivity index (χ2n) is 6.83. The van der Waals surface area contributed by atoms with Gasteiger partial charge in [0.05, 0.1) is 12.2 Å². The topological polar surface area (TPSA) is 63.0 Å². The van der Waals surface area contributed by atoms with Crippen molar-refractivity contribution < 1.29 is 0 Å². The minimum Gasteiger partial charge on any atom is -0.332 e. The average Bonchev–Trinajstić information content (AvgIpc) is 3.04. The van der Waals surface area contributed by atoms with Crippen molar-refractivity contribution in [2.24, 2.45) is 0 Å². The van der Waals surface area contributed by atoms with Crippen molar-refractivity contribution in [3.05, 3.63) is 72.1 Å². The highest BCUT2D eigenvalue weighted by atomic mass is 15.2. The lowest BCUT2D eigenvalue weighted by atomic mass is 10.2. The zero-order chi connectivity index (χ0) is 17.8. The number of nitrogens with zero attached hydrogens (tertiary/aromatic N) is 7. The van der Waals surface area contributed by atoms with E-state index < -0.39 is 0 Å². The van der Waals surface area contributed by atoms with Gasteiger partial charge in [-0.1, -0.05) is 0 Å². The molecule has 0 unspecified atom stereocenters. The Morgan fingerprint density at radius 2 is 1.81 bits per heavy atom. The SMILES string of the molecule is CN(Cc1cncnc1)Cc1cn2c(n1)CN(Cc1ccncc1)CC2. The van der Waals surface area contributed by atoms with Crippen molar-refractivity contribution in [3.63, 3.8) is 0 Å². The summed E-state index contributed by atoms with van der Waals surface area (Å²) < 4.78 is 2.29. The molecule has 0 N–H and O–H groups in total. The minimum atomic E-state index is 0.817. The van der Waals surface area contributed by atoms with Gasteiger partial charge in [0, 0.05) is 69.3 Å². The van der Waals surface area contributed by atoms with Gasteiger partial charge in [-0.25, -0.2) is 15.0 Å². The van der Waals surface area contributed by atoms with E-state index in [-0.39, 0.29) is 0 Å². The maximum atomic E-state index is 4.86. The Labute approximate surface area is 153 Å². The molecule has 0 saturated heterocycles. The van der Waals surface area contributed by atoms with Gasteiger partial charge in [0.25, 0.3) is 0 Å². The molecule has 0 atom stereocenters. The number of pyridine rings is 1. The smallest absolute Gasteiger partial charge is 0.123 e. The Kier molecular flexibility index (Phi) is 4.99. The lowest BCUT2D eigenvalue weighted by molar-refractivity contribution is 0.209. The molecule has 0 amide bonds. The molecular formula is C19H23N7. The van der Waals surface area contributed by atoms with Crippen LogP contribution in [0, 0.1) is 0 Å². The molecule has 0 fully saturated rings. The van der Waals surface area contributed by atoms with Crippen LogP contribution in [0.3, 0.4) is 0 Å². The van der Waals surface area contributed by atoms with Crippen LogP contribution in [0.2, 0.25) is 0 Å². The second-order valence-corrected chi connectivity index (χ2v) is 6.83. The molecule has 3 aromatic rings.